The van der Waals surface area contributed by atoms with Crippen molar-refractivity contribution in [3.8, 4) is 0 Å². The van der Waals surface area contributed by atoms with E-state index in [-0.39, 0.29) is 11.0 Å². The summed E-state index contributed by atoms with van der Waals surface area (Å²) in [6, 6.07) is 1.68. The van der Waals surface area contributed by atoms with Crippen molar-refractivity contribution in [2.45, 2.75) is 52.5 Å². The molecule has 6 nitrogen and oxygen atoms in total. The van der Waals surface area contributed by atoms with Crippen LogP contribution in [0.4, 0.5) is 5.82 Å². The Morgan fingerprint density at radius 2 is 1.84 bits per heavy atom. The number of nitrogens with zero attached hydrogens (tertiary/aromatic N) is 5. The van der Waals surface area contributed by atoms with Gasteiger partial charge in [0.15, 0.2) is 0 Å². The van der Waals surface area contributed by atoms with Gasteiger partial charge in [-0.05, 0) is 25.7 Å². The van der Waals surface area contributed by atoms with Crippen LogP contribution in [0, 0.1) is 12.8 Å². The van der Waals surface area contributed by atoms with Gasteiger partial charge in [0.2, 0.25) is 0 Å². The number of anilines is 1. The molecule has 0 N–H and O–H groups in total. The molecule has 25 heavy (non-hydrogen) atoms. The average molecular weight is 341 g/mol. The molecule has 0 saturated carbocycles. The van der Waals surface area contributed by atoms with Crippen molar-refractivity contribution in [1.82, 2.24) is 19.5 Å². The van der Waals surface area contributed by atoms with E-state index in [0.29, 0.717) is 5.92 Å². The van der Waals surface area contributed by atoms with Crippen LogP contribution in [0.3, 0.4) is 0 Å². The summed E-state index contributed by atoms with van der Waals surface area (Å²) < 4.78 is 1.75. The predicted molar refractivity (Wildman–Crippen MR) is 98.9 cm³/mol. The van der Waals surface area contributed by atoms with E-state index in [2.05, 4.69) is 40.6 Å². The molecule has 6 heteroatoms. The molecule has 2 aromatic heterocycles. The van der Waals surface area contributed by atoms with Gasteiger partial charge in [-0.3, -0.25) is 14.3 Å². The normalized spacial score (nSPS) is 16.2. The molecule has 134 valence electrons. The molecule has 0 bridgehead atoms. The maximum Gasteiger partial charge on any atom is 0.253 e. The zero-order valence-corrected chi connectivity index (χ0v) is 15.6. The van der Waals surface area contributed by atoms with Gasteiger partial charge in [-0.25, -0.2) is 9.97 Å². The average Bonchev–Trinajstić information content (AvgIpc) is 2.57. The van der Waals surface area contributed by atoms with Crippen molar-refractivity contribution in [3.05, 3.63) is 46.5 Å². The molecule has 1 aliphatic heterocycles. The van der Waals surface area contributed by atoms with Gasteiger partial charge >= 0.3 is 0 Å². The van der Waals surface area contributed by atoms with Crippen LogP contribution in [0.2, 0.25) is 0 Å². The Hall–Kier alpha value is -2.24. The lowest BCUT2D eigenvalue weighted by Gasteiger charge is -2.32. The molecule has 1 saturated heterocycles. The quantitative estimate of drug-likeness (QED) is 0.858. The van der Waals surface area contributed by atoms with E-state index in [0.717, 1.165) is 49.7 Å². The zero-order chi connectivity index (χ0) is 18.0. The SMILES string of the molecule is Cc1cnc(N2CCC(Cn3cnc(C(C)(C)C)cc3=O)CC2)cn1. The molecule has 1 fully saturated rings. The van der Waals surface area contributed by atoms with E-state index in [1.54, 1.807) is 17.0 Å². The highest BCUT2D eigenvalue weighted by Crippen LogP contribution is 2.23. The van der Waals surface area contributed by atoms with Crippen LogP contribution in [0.5, 0.6) is 0 Å². The molecule has 0 spiro atoms. The van der Waals surface area contributed by atoms with Gasteiger partial charge in [0.25, 0.3) is 5.56 Å². The van der Waals surface area contributed by atoms with Crippen molar-refractivity contribution >= 4 is 5.82 Å². The fourth-order valence-corrected chi connectivity index (χ4v) is 3.15. The second-order valence-electron chi connectivity index (χ2n) is 7.96. The first kappa shape index (κ1) is 17.6. The minimum atomic E-state index is -0.0985. The van der Waals surface area contributed by atoms with Gasteiger partial charge in [0.05, 0.1) is 30.1 Å². The van der Waals surface area contributed by atoms with Gasteiger partial charge in [-0.1, -0.05) is 20.8 Å². The smallest absolute Gasteiger partial charge is 0.253 e. The lowest BCUT2D eigenvalue weighted by atomic mass is 9.92. The number of aryl methyl sites for hydroxylation is 1. The summed E-state index contributed by atoms with van der Waals surface area (Å²) in [5, 5.41) is 0. The van der Waals surface area contributed by atoms with E-state index >= 15 is 0 Å². The van der Waals surface area contributed by atoms with Crippen molar-refractivity contribution in [2.75, 3.05) is 18.0 Å². The zero-order valence-electron chi connectivity index (χ0n) is 15.6. The molecular weight excluding hydrogens is 314 g/mol. The molecule has 2 aromatic rings. The highest BCUT2D eigenvalue weighted by atomic mass is 16.1. The summed E-state index contributed by atoms with van der Waals surface area (Å²) in [5.74, 6) is 1.44. The maximum absolute atomic E-state index is 12.4. The topological polar surface area (TPSA) is 63.9 Å². The molecule has 1 aliphatic rings. The summed E-state index contributed by atoms with van der Waals surface area (Å²) in [5.41, 5.74) is 1.73. The number of rotatable bonds is 3. The lowest BCUT2D eigenvalue weighted by Crippen LogP contribution is -2.37. The van der Waals surface area contributed by atoms with Crippen LogP contribution in [0.15, 0.2) is 29.6 Å². The van der Waals surface area contributed by atoms with E-state index in [9.17, 15) is 4.79 Å². The van der Waals surface area contributed by atoms with E-state index in [4.69, 9.17) is 0 Å². The Labute approximate surface area is 149 Å². The molecule has 3 heterocycles. The molecule has 0 unspecified atom stereocenters. The first-order valence-electron chi connectivity index (χ1n) is 8.93. The summed E-state index contributed by atoms with van der Waals surface area (Å²) in [6.45, 7) is 10.8. The fraction of sp³-hybridized carbons (Fsp3) is 0.579. The van der Waals surface area contributed by atoms with Crippen molar-refractivity contribution in [1.29, 1.82) is 0 Å². The summed E-state index contributed by atoms with van der Waals surface area (Å²) in [4.78, 5) is 27.9. The van der Waals surface area contributed by atoms with Crippen LogP contribution in [0.25, 0.3) is 0 Å². The Balaban J connectivity index is 1.61. The van der Waals surface area contributed by atoms with Crippen LogP contribution >= 0.6 is 0 Å². The fourth-order valence-electron chi connectivity index (χ4n) is 3.15. The molecule has 3 rings (SSSR count). The maximum atomic E-state index is 12.4. The van der Waals surface area contributed by atoms with Gasteiger partial charge in [-0.15, -0.1) is 0 Å². The number of aromatic nitrogens is 4. The number of hydrogen-bond acceptors (Lipinski definition) is 5. The van der Waals surface area contributed by atoms with E-state index in [1.165, 1.54) is 0 Å². The van der Waals surface area contributed by atoms with E-state index < -0.39 is 0 Å². The van der Waals surface area contributed by atoms with Crippen molar-refractivity contribution < 1.29 is 0 Å². The number of piperidine rings is 1. The minimum Gasteiger partial charge on any atom is -0.355 e. The third-order valence-electron chi connectivity index (χ3n) is 4.81. The molecule has 0 aliphatic carbocycles. The highest BCUT2D eigenvalue weighted by molar-refractivity contribution is 5.36. The molecule has 0 radical (unpaired) electrons. The third kappa shape index (κ3) is 4.24. The summed E-state index contributed by atoms with van der Waals surface area (Å²) >= 11 is 0. The first-order chi connectivity index (χ1) is 11.8. The Kier molecular flexibility index (Phi) is 4.88. The third-order valence-corrected chi connectivity index (χ3v) is 4.81. The largest absolute Gasteiger partial charge is 0.355 e. The summed E-state index contributed by atoms with van der Waals surface area (Å²) in [7, 11) is 0. The second kappa shape index (κ2) is 6.94. The highest BCUT2D eigenvalue weighted by Gasteiger charge is 2.22. The predicted octanol–water partition coefficient (Wildman–Crippen LogP) is 2.56. The van der Waals surface area contributed by atoms with Crippen LogP contribution < -0.4 is 10.5 Å². The summed E-state index contributed by atoms with van der Waals surface area (Å²) in [6.07, 6.45) is 7.45. The first-order valence-corrected chi connectivity index (χ1v) is 8.93. The van der Waals surface area contributed by atoms with Crippen LogP contribution in [-0.2, 0) is 12.0 Å². The van der Waals surface area contributed by atoms with Crippen LogP contribution in [0.1, 0.15) is 45.0 Å². The Morgan fingerprint density at radius 1 is 1.12 bits per heavy atom. The minimum absolute atomic E-state index is 0.0479. The standard InChI is InChI=1S/C19H27N5O/c1-14-10-21-17(11-20-14)23-7-5-15(6-8-23)12-24-13-22-16(9-18(24)25)19(2,3)4/h9-11,13,15H,5-8,12H2,1-4H3. The molecule has 0 aromatic carbocycles. The van der Waals surface area contributed by atoms with Crippen molar-refractivity contribution in [2.24, 2.45) is 5.92 Å². The number of hydrogen-bond donors (Lipinski definition) is 0. The molecular formula is C19H27N5O. The molecule has 0 amide bonds. The van der Waals surface area contributed by atoms with Gasteiger partial charge < -0.3 is 4.90 Å². The van der Waals surface area contributed by atoms with Gasteiger partial charge in [-0.2, -0.15) is 0 Å². The van der Waals surface area contributed by atoms with Gasteiger partial charge in [0, 0.05) is 31.1 Å². The van der Waals surface area contributed by atoms with Crippen LogP contribution in [-0.4, -0.2) is 32.6 Å². The van der Waals surface area contributed by atoms with Gasteiger partial charge in [0.1, 0.15) is 5.82 Å². The second-order valence-corrected chi connectivity index (χ2v) is 7.96. The monoisotopic (exact) mass is 341 g/mol. The molecule has 0 atom stereocenters. The van der Waals surface area contributed by atoms with Crippen molar-refractivity contribution in [3.63, 3.8) is 0 Å². The Bertz CT molecular complexity index is 768. The van der Waals surface area contributed by atoms with E-state index in [1.807, 2.05) is 19.3 Å². The Morgan fingerprint density at radius 3 is 2.40 bits per heavy atom. The lowest BCUT2D eigenvalue weighted by molar-refractivity contribution is 0.349.